The molecule has 0 spiro atoms. The molecule has 43 heavy (non-hydrogen) atoms. The first-order valence-corrected chi connectivity index (χ1v) is 17.1. The van der Waals surface area contributed by atoms with Gasteiger partial charge in [-0.05, 0) is 76.6 Å². The van der Waals surface area contributed by atoms with Gasteiger partial charge in [0.05, 0.1) is 30.4 Å². The molecule has 240 valence electrons. The number of ether oxygens (including phenoxy) is 2. The first-order valence-electron chi connectivity index (χ1n) is 14.7. The number of carbonyl (C=O) groups excluding carboxylic acids is 2. The van der Waals surface area contributed by atoms with Crippen molar-refractivity contribution < 1.29 is 32.6 Å². The van der Waals surface area contributed by atoms with E-state index >= 15 is 0 Å². The zero-order chi connectivity index (χ0) is 31.7. The number of thiophene rings is 1. The van der Waals surface area contributed by atoms with E-state index in [0.717, 1.165) is 30.6 Å². The van der Waals surface area contributed by atoms with Gasteiger partial charge in [0.25, 0.3) is 15.9 Å². The fourth-order valence-corrected chi connectivity index (χ4v) is 6.82. The number of fused-ring (bicyclic) bond motifs is 1. The van der Waals surface area contributed by atoms with Gasteiger partial charge in [-0.2, -0.15) is 0 Å². The Balaban J connectivity index is 1.97. The molecule has 0 saturated heterocycles. The maximum Gasteiger partial charge on any atom is 0.317 e. The van der Waals surface area contributed by atoms with Crippen molar-refractivity contribution in [2.45, 2.75) is 82.4 Å². The first kappa shape index (κ1) is 34.6. The van der Waals surface area contributed by atoms with E-state index in [-0.39, 0.29) is 58.8 Å². The fourth-order valence-electron chi connectivity index (χ4n) is 4.78. The van der Waals surface area contributed by atoms with Gasteiger partial charge >= 0.3 is 6.03 Å². The Morgan fingerprint density at radius 2 is 1.95 bits per heavy atom. The topological polar surface area (TPSA) is 138 Å². The number of sulfonamides is 1. The van der Waals surface area contributed by atoms with E-state index in [2.05, 4.69) is 10.0 Å². The summed E-state index contributed by atoms with van der Waals surface area (Å²) in [6, 6.07) is 7.07. The molecule has 11 nitrogen and oxygen atoms in total. The number of amides is 3. The summed E-state index contributed by atoms with van der Waals surface area (Å²) in [5.74, 6) is -0.275. The van der Waals surface area contributed by atoms with Crippen molar-refractivity contribution in [1.82, 2.24) is 15.1 Å². The lowest BCUT2D eigenvalue weighted by molar-refractivity contribution is -0.0122. The highest BCUT2D eigenvalue weighted by molar-refractivity contribution is 7.94. The van der Waals surface area contributed by atoms with Gasteiger partial charge in [-0.25, -0.2) is 13.2 Å². The predicted molar refractivity (Wildman–Crippen MR) is 168 cm³/mol. The second kappa shape index (κ2) is 15.7. The van der Waals surface area contributed by atoms with E-state index < -0.39 is 22.0 Å². The molecule has 1 aromatic carbocycles. The molecule has 3 rings (SSSR count). The highest BCUT2D eigenvalue weighted by atomic mass is 32.2. The minimum Gasteiger partial charge on any atom is -0.490 e. The van der Waals surface area contributed by atoms with Crippen molar-refractivity contribution in [3.8, 4) is 5.75 Å². The van der Waals surface area contributed by atoms with Crippen LogP contribution in [0.4, 0.5) is 10.5 Å². The third kappa shape index (κ3) is 9.82. The molecule has 3 N–H and O–H groups in total. The maximum atomic E-state index is 14.2. The minimum atomic E-state index is -3.84. The van der Waals surface area contributed by atoms with Gasteiger partial charge in [0, 0.05) is 44.4 Å². The molecule has 3 amide bonds. The Labute approximate surface area is 259 Å². The zero-order valence-corrected chi connectivity index (χ0v) is 27.5. The quantitative estimate of drug-likeness (QED) is 0.390. The van der Waals surface area contributed by atoms with Crippen LogP contribution in [0.3, 0.4) is 0 Å². The van der Waals surface area contributed by atoms with E-state index in [4.69, 9.17) is 9.47 Å². The van der Waals surface area contributed by atoms with Crippen LogP contribution < -0.4 is 14.8 Å². The molecule has 1 aromatic heterocycles. The Kier molecular flexibility index (Phi) is 12.7. The van der Waals surface area contributed by atoms with Crippen molar-refractivity contribution in [2.75, 3.05) is 38.1 Å². The molecular weight excluding hydrogens is 592 g/mol. The van der Waals surface area contributed by atoms with Gasteiger partial charge in [0.2, 0.25) is 0 Å². The number of carbonyl (C=O) groups is 2. The maximum absolute atomic E-state index is 14.2. The summed E-state index contributed by atoms with van der Waals surface area (Å²) in [5.41, 5.74) is 0.412. The summed E-state index contributed by atoms with van der Waals surface area (Å²) in [7, 11) is -2.13. The summed E-state index contributed by atoms with van der Waals surface area (Å²) in [5, 5.41) is 14.7. The molecule has 0 radical (unpaired) electrons. The average Bonchev–Trinajstić information content (AvgIpc) is 3.50. The molecule has 0 aliphatic carbocycles. The summed E-state index contributed by atoms with van der Waals surface area (Å²) in [4.78, 5) is 30.0. The van der Waals surface area contributed by atoms with Crippen LogP contribution in [0.1, 0.15) is 64.2 Å². The number of nitrogens with one attached hydrogen (secondary N) is 2. The Bertz CT molecular complexity index is 1300. The van der Waals surface area contributed by atoms with Crippen LogP contribution >= 0.6 is 11.3 Å². The molecule has 4 atom stereocenters. The number of likely N-dealkylation sites (N-methyl/N-ethyl adjacent to an activating group) is 1. The van der Waals surface area contributed by atoms with Crippen molar-refractivity contribution >= 4 is 39.0 Å². The Morgan fingerprint density at radius 3 is 2.60 bits per heavy atom. The summed E-state index contributed by atoms with van der Waals surface area (Å²) in [6.07, 6.45) is 1.76. The monoisotopic (exact) mass is 638 g/mol. The lowest BCUT2D eigenvalue weighted by Crippen LogP contribution is -2.49. The van der Waals surface area contributed by atoms with E-state index in [1.54, 1.807) is 47.4 Å². The standard InChI is InChI=1S/C30H46N4O7S2/c1-20(2)31-30(37)33(6)18-27-21(3)17-34(22(4)19-35)29(36)25-16-24(32-43(38,39)28-11-9-15-42-28)12-13-26(25)41-23(5)10-7-8-14-40-27/h9,11-13,15-16,20-23,27,32,35H,7-8,10,14,17-19H2,1-6H3,(H,31,37)/t21-,22+,23-,27+/m0/s1. The van der Waals surface area contributed by atoms with Crippen LogP contribution in [0, 0.1) is 5.92 Å². The van der Waals surface area contributed by atoms with Gasteiger partial charge in [0.1, 0.15) is 9.96 Å². The summed E-state index contributed by atoms with van der Waals surface area (Å²) >= 11 is 1.10. The molecule has 0 fully saturated rings. The zero-order valence-electron chi connectivity index (χ0n) is 25.9. The van der Waals surface area contributed by atoms with Gasteiger partial charge in [-0.1, -0.05) is 13.0 Å². The van der Waals surface area contributed by atoms with Crippen molar-refractivity contribution in [3.05, 3.63) is 41.3 Å². The van der Waals surface area contributed by atoms with Crippen LogP contribution in [0.2, 0.25) is 0 Å². The summed E-state index contributed by atoms with van der Waals surface area (Å²) < 4.78 is 41.1. The third-order valence-electron chi connectivity index (χ3n) is 7.28. The third-order valence-corrected chi connectivity index (χ3v) is 10.1. The number of benzene rings is 1. The Hall–Kier alpha value is -2.87. The lowest BCUT2D eigenvalue weighted by atomic mass is 10.0. The number of hydrogen-bond donors (Lipinski definition) is 3. The SMILES string of the molecule is CC(C)NC(=O)N(C)C[C@H]1OCCCC[C@H](C)Oc2ccc(NS(=O)(=O)c3cccs3)cc2C(=O)N([C@H](C)CO)C[C@@H]1C. The number of aliphatic hydroxyl groups is 1. The van der Waals surface area contributed by atoms with Gasteiger partial charge in [-0.15, -0.1) is 11.3 Å². The molecule has 0 bridgehead atoms. The molecule has 0 unspecified atom stereocenters. The number of urea groups is 1. The number of anilines is 1. The molecule has 0 saturated carbocycles. The van der Waals surface area contributed by atoms with E-state index in [1.165, 1.54) is 12.1 Å². The number of rotatable bonds is 8. The number of aliphatic hydroxyl groups excluding tert-OH is 1. The number of hydrogen-bond acceptors (Lipinski definition) is 8. The first-order chi connectivity index (χ1) is 20.3. The largest absolute Gasteiger partial charge is 0.490 e. The van der Waals surface area contributed by atoms with Crippen LogP contribution in [0.15, 0.2) is 39.9 Å². The molecule has 1 aliphatic rings. The van der Waals surface area contributed by atoms with E-state index in [0.29, 0.717) is 18.9 Å². The fraction of sp³-hybridized carbons (Fsp3) is 0.600. The average molecular weight is 639 g/mol. The van der Waals surface area contributed by atoms with Gasteiger partial charge in [0.15, 0.2) is 0 Å². The molecule has 13 heteroatoms. The van der Waals surface area contributed by atoms with Crippen LogP contribution in [0.25, 0.3) is 0 Å². The molecular formula is C30H46N4O7S2. The van der Waals surface area contributed by atoms with Crippen LogP contribution in [-0.4, -0.2) is 92.9 Å². The van der Waals surface area contributed by atoms with Crippen LogP contribution in [0.5, 0.6) is 5.75 Å². The van der Waals surface area contributed by atoms with E-state index in [1.807, 2.05) is 27.7 Å². The second-order valence-electron chi connectivity index (χ2n) is 11.5. The van der Waals surface area contributed by atoms with Gasteiger partial charge < -0.3 is 29.7 Å². The summed E-state index contributed by atoms with van der Waals surface area (Å²) in [6.45, 7) is 10.2. The highest BCUT2D eigenvalue weighted by Gasteiger charge is 2.31. The molecule has 2 heterocycles. The van der Waals surface area contributed by atoms with E-state index in [9.17, 15) is 23.1 Å². The van der Waals surface area contributed by atoms with Crippen molar-refractivity contribution in [2.24, 2.45) is 5.92 Å². The smallest absolute Gasteiger partial charge is 0.317 e. The second-order valence-corrected chi connectivity index (χ2v) is 14.4. The normalized spacial score (nSPS) is 21.3. The lowest BCUT2D eigenvalue weighted by Gasteiger charge is -2.36. The predicted octanol–water partition coefficient (Wildman–Crippen LogP) is 4.39. The Morgan fingerprint density at radius 1 is 1.21 bits per heavy atom. The molecule has 1 aliphatic heterocycles. The highest BCUT2D eigenvalue weighted by Crippen LogP contribution is 2.30. The van der Waals surface area contributed by atoms with Gasteiger partial charge in [-0.3, -0.25) is 9.52 Å². The molecule has 2 aromatic rings. The number of nitrogens with zero attached hydrogens (tertiary/aromatic N) is 2. The van der Waals surface area contributed by atoms with Crippen molar-refractivity contribution in [3.63, 3.8) is 0 Å². The van der Waals surface area contributed by atoms with Crippen LogP contribution in [-0.2, 0) is 14.8 Å². The minimum absolute atomic E-state index is 0.0141. The van der Waals surface area contributed by atoms with Crippen molar-refractivity contribution in [1.29, 1.82) is 0 Å².